The lowest BCUT2D eigenvalue weighted by Crippen LogP contribution is -2.58. The highest BCUT2D eigenvalue weighted by Gasteiger charge is 2.46. The lowest BCUT2D eigenvalue weighted by molar-refractivity contribution is -0.0802. The number of nitrogens with zero attached hydrogens (tertiary/aromatic N) is 1. The van der Waals surface area contributed by atoms with Crippen molar-refractivity contribution in [1.82, 2.24) is 4.90 Å². The minimum absolute atomic E-state index is 0.440. The predicted octanol–water partition coefficient (Wildman–Crippen LogP) is 0.567. The van der Waals surface area contributed by atoms with Gasteiger partial charge in [-0.15, -0.1) is 0 Å². The minimum atomic E-state index is 0.440. The Morgan fingerprint density at radius 2 is 1.75 bits per heavy atom. The van der Waals surface area contributed by atoms with E-state index in [0.29, 0.717) is 12.5 Å². The third-order valence-electron chi connectivity index (χ3n) is 4.20. The molecule has 68 valence electrons. The molecule has 1 saturated carbocycles. The molecule has 1 N–H and O–H groups in total. The molecule has 3 aliphatic heterocycles. The number of piperidine rings is 3. The molecule has 2 nitrogen and oxygen atoms in total. The highest BCUT2D eigenvalue weighted by Crippen LogP contribution is 2.46. The molecule has 0 radical (unpaired) electrons. The van der Waals surface area contributed by atoms with Crippen molar-refractivity contribution in [3.05, 3.63) is 0 Å². The van der Waals surface area contributed by atoms with E-state index in [1.54, 1.807) is 0 Å². The molecule has 4 bridgehead atoms. The Bertz CT molecular complexity index is 164. The van der Waals surface area contributed by atoms with E-state index >= 15 is 0 Å². The summed E-state index contributed by atoms with van der Waals surface area (Å²) in [6, 6.07) is 0. The normalized spacial score (nSPS) is 56.2. The summed E-state index contributed by atoms with van der Waals surface area (Å²) in [5.74, 6) is 3.30. The van der Waals surface area contributed by atoms with E-state index < -0.39 is 0 Å². The summed E-state index contributed by atoms with van der Waals surface area (Å²) in [6.45, 7) is 4.34. The Hall–Kier alpha value is -0.0800. The van der Waals surface area contributed by atoms with Crippen LogP contribution in [-0.4, -0.2) is 36.2 Å². The quantitative estimate of drug-likeness (QED) is 0.617. The second-order valence-corrected chi connectivity index (χ2v) is 4.92. The van der Waals surface area contributed by atoms with Crippen molar-refractivity contribution in [3.63, 3.8) is 0 Å². The maximum Gasteiger partial charge on any atom is 0.0465 e. The second kappa shape index (κ2) is 2.46. The van der Waals surface area contributed by atoms with Crippen LogP contribution in [0.2, 0.25) is 0 Å². The molecule has 12 heavy (non-hydrogen) atoms. The van der Waals surface area contributed by atoms with Crippen molar-refractivity contribution in [3.8, 4) is 0 Å². The van der Waals surface area contributed by atoms with Gasteiger partial charge in [-0.2, -0.15) is 0 Å². The zero-order chi connectivity index (χ0) is 8.13. The van der Waals surface area contributed by atoms with Crippen molar-refractivity contribution in [1.29, 1.82) is 0 Å². The molecule has 3 saturated heterocycles. The number of hydrogen-bond donors (Lipinski definition) is 1. The van der Waals surface area contributed by atoms with Crippen molar-refractivity contribution < 1.29 is 5.11 Å². The van der Waals surface area contributed by atoms with Crippen LogP contribution >= 0.6 is 0 Å². The maximum atomic E-state index is 9.28. The molecule has 2 heteroatoms. The Kier molecular flexibility index (Phi) is 1.50. The topological polar surface area (TPSA) is 23.5 Å². The van der Waals surface area contributed by atoms with Crippen LogP contribution in [0.15, 0.2) is 0 Å². The third kappa shape index (κ3) is 0.882. The van der Waals surface area contributed by atoms with Gasteiger partial charge in [0.05, 0.1) is 0 Å². The van der Waals surface area contributed by atoms with E-state index in [1.807, 2.05) is 0 Å². The van der Waals surface area contributed by atoms with Gasteiger partial charge in [-0.05, 0) is 36.5 Å². The lowest BCUT2D eigenvalue weighted by atomic mass is 9.62. The van der Waals surface area contributed by atoms with Gasteiger partial charge in [0.2, 0.25) is 0 Å². The van der Waals surface area contributed by atoms with Crippen molar-refractivity contribution in [2.24, 2.45) is 23.7 Å². The molecule has 3 heterocycles. The van der Waals surface area contributed by atoms with Crippen LogP contribution in [-0.2, 0) is 0 Å². The Morgan fingerprint density at radius 3 is 2.25 bits per heavy atom. The monoisotopic (exact) mass is 167 g/mol. The van der Waals surface area contributed by atoms with Crippen molar-refractivity contribution in [2.75, 3.05) is 26.2 Å². The fraction of sp³-hybridized carbons (Fsp3) is 1.00. The highest BCUT2D eigenvalue weighted by molar-refractivity contribution is 4.98. The molecule has 5 atom stereocenters. The van der Waals surface area contributed by atoms with E-state index in [2.05, 4.69) is 4.90 Å². The Labute approximate surface area is 73.6 Å². The molecular weight excluding hydrogens is 150 g/mol. The Morgan fingerprint density at radius 1 is 1.08 bits per heavy atom. The fourth-order valence-electron chi connectivity index (χ4n) is 3.81. The van der Waals surface area contributed by atoms with Crippen LogP contribution in [0.5, 0.6) is 0 Å². The van der Waals surface area contributed by atoms with E-state index in [4.69, 9.17) is 0 Å². The SMILES string of the molecule is OCC1[C@@H]2CC3C[C@H]1CN(C3)C2. The third-order valence-corrected chi connectivity index (χ3v) is 4.20. The van der Waals surface area contributed by atoms with E-state index in [0.717, 1.165) is 17.8 Å². The molecule has 0 aromatic heterocycles. The molecule has 0 amide bonds. The maximum absolute atomic E-state index is 9.28. The Balaban J connectivity index is 1.86. The van der Waals surface area contributed by atoms with Gasteiger partial charge in [-0.1, -0.05) is 0 Å². The summed E-state index contributed by atoms with van der Waals surface area (Å²) in [5.41, 5.74) is 0. The van der Waals surface area contributed by atoms with Crippen LogP contribution in [0.25, 0.3) is 0 Å². The number of hydrogen-bond acceptors (Lipinski definition) is 2. The molecule has 4 rings (SSSR count). The number of rotatable bonds is 1. The smallest absolute Gasteiger partial charge is 0.0465 e. The molecule has 0 aromatic rings. The number of aliphatic hydroxyl groups excluding tert-OH is 1. The molecule has 4 fully saturated rings. The van der Waals surface area contributed by atoms with Crippen LogP contribution in [0.1, 0.15) is 12.8 Å². The van der Waals surface area contributed by atoms with Gasteiger partial charge >= 0.3 is 0 Å². The molecule has 3 unspecified atom stereocenters. The lowest BCUT2D eigenvalue weighted by Gasteiger charge is -2.55. The zero-order valence-corrected chi connectivity index (χ0v) is 7.45. The first kappa shape index (κ1) is 7.34. The van der Waals surface area contributed by atoms with Crippen molar-refractivity contribution in [2.45, 2.75) is 12.8 Å². The van der Waals surface area contributed by atoms with E-state index in [9.17, 15) is 5.11 Å². The summed E-state index contributed by atoms with van der Waals surface area (Å²) in [7, 11) is 0. The first-order chi connectivity index (χ1) is 5.86. The first-order valence-corrected chi connectivity index (χ1v) is 5.20. The summed E-state index contributed by atoms with van der Waals surface area (Å²) >= 11 is 0. The van der Waals surface area contributed by atoms with Crippen LogP contribution in [0, 0.1) is 23.7 Å². The van der Waals surface area contributed by atoms with Gasteiger partial charge in [0.25, 0.3) is 0 Å². The van der Waals surface area contributed by atoms with Crippen LogP contribution in [0.4, 0.5) is 0 Å². The van der Waals surface area contributed by atoms with E-state index in [1.165, 1.54) is 32.5 Å². The molecular formula is C10H17NO. The zero-order valence-electron chi connectivity index (χ0n) is 7.45. The first-order valence-electron chi connectivity index (χ1n) is 5.20. The van der Waals surface area contributed by atoms with Gasteiger partial charge in [-0.3, -0.25) is 0 Å². The average molecular weight is 167 g/mol. The standard InChI is InChI=1S/C10H17NO/c12-6-10-8-1-7-2-9(10)5-11(3-7)4-8/h7-10,12H,1-6H2/t7?,8-,9+,10?. The van der Waals surface area contributed by atoms with Crippen molar-refractivity contribution >= 4 is 0 Å². The summed E-state index contributed by atoms with van der Waals surface area (Å²) in [5, 5.41) is 9.28. The molecule has 0 aromatic carbocycles. The van der Waals surface area contributed by atoms with Gasteiger partial charge in [0, 0.05) is 26.2 Å². The summed E-state index contributed by atoms with van der Waals surface area (Å²) in [6.07, 6.45) is 2.80. The minimum Gasteiger partial charge on any atom is -0.396 e. The second-order valence-electron chi connectivity index (χ2n) is 4.92. The van der Waals surface area contributed by atoms with Gasteiger partial charge in [0.1, 0.15) is 0 Å². The average Bonchev–Trinajstić information content (AvgIpc) is 2.02. The van der Waals surface area contributed by atoms with Gasteiger partial charge < -0.3 is 10.0 Å². The summed E-state index contributed by atoms with van der Waals surface area (Å²) in [4.78, 5) is 2.61. The molecule has 0 spiro atoms. The largest absolute Gasteiger partial charge is 0.396 e. The number of aliphatic hydroxyl groups is 1. The van der Waals surface area contributed by atoms with Gasteiger partial charge in [0.15, 0.2) is 0 Å². The van der Waals surface area contributed by atoms with E-state index in [-0.39, 0.29) is 0 Å². The van der Waals surface area contributed by atoms with Crippen LogP contribution in [0.3, 0.4) is 0 Å². The molecule has 1 aliphatic carbocycles. The van der Waals surface area contributed by atoms with Gasteiger partial charge in [-0.25, -0.2) is 0 Å². The molecule has 4 aliphatic rings. The van der Waals surface area contributed by atoms with Crippen LogP contribution < -0.4 is 0 Å². The fourth-order valence-corrected chi connectivity index (χ4v) is 3.81. The highest BCUT2D eigenvalue weighted by atomic mass is 16.3. The summed E-state index contributed by atoms with van der Waals surface area (Å²) < 4.78 is 0. The predicted molar refractivity (Wildman–Crippen MR) is 46.7 cm³/mol.